The predicted molar refractivity (Wildman–Crippen MR) is 104 cm³/mol. The summed E-state index contributed by atoms with van der Waals surface area (Å²) in [6, 6.07) is 6.04. The monoisotopic (exact) mass is 402 g/mol. The van der Waals surface area contributed by atoms with Crippen molar-refractivity contribution in [3.8, 4) is 11.5 Å². The van der Waals surface area contributed by atoms with Gasteiger partial charge in [-0.2, -0.15) is 0 Å². The van der Waals surface area contributed by atoms with Crippen LogP contribution in [0.2, 0.25) is 0 Å². The second-order valence-corrected chi connectivity index (χ2v) is 8.33. The number of carbonyl (C=O) groups is 1. The summed E-state index contributed by atoms with van der Waals surface area (Å²) in [6.07, 6.45) is 6.26. The third-order valence-electron chi connectivity index (χ3n) is 5.67. The first-order valence-corrected chi connectivity index (χ1v) is 10.6. The van der Waals surface area contributed by atoms with Gasteiger partial charge in [0, 0.05) is 30.8 Å². The van der Waals surface area contributed by atoms with Crippen LogP contribution >= 0.6 is 11.8 Å². The van der Waals surface area contributed by atoms with Gasteiger partial charge in [-0.15, -0.1) is 10.2 Å². The maximum atomic E-state index is 12.6. The molecule has 1 aromatic carbocycles. The van der Waals surface area contributed by atoms with E-state index in [1.165, 1.54) is 49.6 Å². The molecule has 2 aliphatic rings. The number of hydrogen-bond acceptors (Lipinski definition) is 7. The predicted octanol–water partition coefficient (Wildman–Crippen LogP) is 3.78. The van der Waals surface area contributed by atoms with Crippen molar-refractivity contribution < 1.29 is 14.1 Å². The van der Waals surface area contributed by atoms with Crippen LogP contribution < -0.4 is 0 Å². The number of nitrogens with zero attached hydrogens (tertiary/aromatic N) is 4. The molecule has 0 spiro atoms. The molecule has 2 heterocycles. The van der Waals surface area contributed by atoms with E-state index >= 15 is 0 Å². The maximum Gasteiger partial charge on any atom is 0.277 e. The van der Waals surface area contributed by atoms with Crippen LogP contribution in [0.15, 0.2) is 33.9 Å². The highest BCUT2D eigenvalue weighted by Crippen LogP contribution is 2.36. The van der Waals surface area contributed by atoms with Gasteiger partial charge in [0.2, 0.25) is 11.8 Å². The summed E-state index contributed by atoms with van der Waals surface area (Å²) in [6.45, 7) is 1.70. The Hall–Kier alpha value is -2.42. The lowest BCUT2D eigenvalue weighted by Crippen LogP contribution is -2.45. The second kappa shape index (κ2) is 8.30. The van der Waals surface area contributed by atoms with Crippen LogP contribution in [0.25, 0.3) is 11.5 Å². The van der Waals surface area contributed by atoms with E-state index in [2.05, 4.69) is 10.2 Å². The van der Waals surface area contributed by atoms with Crippen molar-refractivity contribution in [1.82, 2.24) is 15.1 Å². The number of carbonyl (C=O) groups excluding carboxylic acids is 1. The average Bonchev–Trinajstić information content (AvgIpc) is 3.21. The molecule has 2 aromatic rings. The summed E-state index contributed by atoms with van der Waals surface area (Å²) in [5.41, 5.74) is 0.449. The minimum absolute atomic E-state index is 0.0359. The molecule has 1 saturated carbocycles. The Kier molecular flexibility index (Phi) is 5.61. The Balaban J connectivity index is 1.34. The molecule has 8 nitrogen and oxygen atoms in total. The van der Waals surface area contributed by atoms with Gasteiger partial charge in [0.05, 0.1) is 10.7 Å². The maximum absolute atomic E-state index is 12.6. The van der Waals surface area contributed by atoms with Crippen molar-refractivity contribution in [2.75, 3.05) is 18.8 Å². The molecule has 2 fully saturated rings. The van der Waals surface area contributed by atoms with E-state index in [1.54, 1.807) is 12.1 Å². The molecule has 1 aromatic heterocycles. The first-order valence-electron chi connectivity index (χ1n) is 9.59. The average molecular weight is 402 g/mol. The van der Waals surface area contributed by atoms with E-state index in [4.69, 9.17) is 4.42 Å². The normalized spacial score (nSPS) is 21.9. The molecule has 9 heteroatoms. The van der Waals surface area contributed by atoms with Crippen molar-refractivity contribution >= 4 is 23.4 Å². The summed E-state index contributed by atoms with van der Waals surface area (Å²) in [5, 5.41) is 19.1. The van der Waals surface area contributed by atoms with Crippen molar-refractivity contribution in [2.24, 2.45) is 11.8 Å². The molecule has 2 atom stereocenters. The zero-order valence-corrected chi connectivity index (χ0v) is 16.3. The lowest BCUT2D eigenvalue weighted by atomic mass is 9.75. The number of aromatic nitrogens is 2. The zero-order valence-electron chi connectivity index (χ0n) is 15.5. The topological polar surface area (TPSA) is 102 Å². The summed E-state index contributed by atoms with van der Waals surface area (Å²) < 4.78 is 5.58. The summed E-state index contributed by atoms with van der Waals surface area (Å²) >= 11 is 1.21. The lowest BCUT2D eigenvalue weighted by molar-refractivity contribution is -0.384. The van der Waals surface area contributed by atoms with Crippen LogP contribution in [0, 0.1) is 22.0 Å². The fourth-order valence-corrected chi connectivity index (χ4v) is 4.85. The summed E-state index contributed by atoms with van der Waals surface area (Å²) in [5.74, 6) is 2.01. The molecule has 1 saturated heterocycles. The fourth-order valence-electron chi connectivity index (χ4n) is 4.18. The van der Waals surface area contributed by atoms with E-state index in [-0.39, 0.29) is 23.2 Å². The largest absolute Gasteiger partial charge is 0.411 e. The van der Waals surface area contributed by atoms with Crippen LogP contribution in [0.4, 0.5) is 5.69 Å². The summed E-state index contributed by atoms with van der Waals surface area (Å²) in [7, 11) is 0. The van der Waals surface area contributed by atoms with Crippen LogP contribution in [0.5, 0.6) is 0 Å². The smallest absolute Gasteiger partial charge is 0.277 e. The Morgan fingerprint density at radius 2 is 2.07 bits per heavy atom. The number of rotatable bonds is 5. The Morgan fingerprint density at radius 3 is 2.89 bits per heavy atom. The van der Waals surface area contributed by atoms with E-state index in [1.807, 2.05) is 4.90 Å². The van der Waals surface area contributed by atoms with Crippen LogP contribution in [0.1, 0.15) is 32.1 Å². The van der Waals surface area contributed by atoms with Crippen molar-refractivity contribution in [3.63, 3.8) is 0 Å². The fraction of sp³-hybridized carbons (Fsp3) is 0.526. The highest BCUT2D eigenvalue weighted by molar-refractivity contribution is 7.99. The van der Waals surface area contributed by atoms with Gasteiger partial charge >= 0.3 is 0 Å². The standard InChI is InChI=1S/C19H22N4O4S/c24-17(22-9-8-13-4-1-2-5-15(13)11-22)12-28-19-21-20-18(27-19)14-6-3-7-16(10-14)23(25)26/h3,6-7,10,13,15H,1-2,4-5,8-9,11-12H2/t13-,15-/m1/s1. The molecule has 28 heavy (non-hydrogen) atoms. The molecule has 1 amide bonds. The van der Waals surface area contributed by atoms with Crippen LogP contribution in [-0.2, 0) is 4.79 Å². The molecule has 0 N–H and O–H groups in total. The first-order chi connectivity index (χ1) is 13.6. The minimum atomic E-state index is -0.469. The van der Waals surface area contributed by atoms with Crippen molar-refractivity contribution in [2.45, 2.75) is 37.3 Å². The number of nitro groups is 1. The van der Waals surface area contributed by atoms with Gasteiger partial charge in [-0.05, 0) is 30.7 Å². The molecule has 0 bridgehead atoms. The Morgan fingerprint density at radius 1 is 1.25 bits per heavy atom. The number of non-ortho nitro benzene ring substituents is 1. The molecule has 1 aliphatic heterocycles. The molecular weight excluding hydrogens is 380 g/mol. The van der Waals surface area contributed by atoms with Gasteiger partial charge in [0.15, 0.2) is 0 Å². The SMILES string of the molecule is O=C(CSc1nnc(-c2cccc([N+](=O)[O-])c2)o1)N1CC[C@H]2CCCC[C@@H]2C1. The van der Waals surface area contributed by atoms with Gasteiger partial charge in [-0.3, -0.25) is 14.9 Å². The number of amides is 1. The molecule has 1 aliphatic carbocycles. The van der Waals surface area contributed by atoms with Crippen LogP contribution in [0.3, 0.4) is 0 Å². The number of piperidine rings is 1. The third-order valence-corrected chi connectivity index (χ3v) is 6.48. The van der Waals surface area contributed by atoms with Crippen molar-refractivity contribution in [1.29, 1.82) is 0 Å². The van der Waals surface area contributed by atoms with E-state index < -0.39 is 4.92 Å². The number of benzene rings is 1. The molecule has 0 unspecified atom stereocenters. The molecule has 148 valence electrons. The second-order valence-electron chi connectivity index (χ2n) is 7.40. The zero-order chi connectivity index (χ0) is 19.5. The van der Waals surface area contributed by atoms with Crippen molar-refractivity contribution in [3.05, 3.63) is 34.4 Å². The highest BCUT2D eigenvalue weighted by atomic mass is 32.2. The quantitative estimate of drug-likeness (QED) is 0.426. The minimum Gasteiger partial charge on any atom is -0.411 e. The van der Waals surface area contributed by atoms with Gasteiger partial charge in [0.1, 0.15) is 0 Å². The first kappa shape index (κ1) is 18.9. The van der Waals surface area contributed by atoms with Gasteiger partial charge in [-0.1, -0.05) is 37.1 Å². The third kappa shape index (κ3) is 4.19. The highest BCUT2D eigenvalue weighted by Gasteiger charge is 2.32. The van der Waals surface area contributed by atoms with E-state index in [0.717, 1.165) is 25.4 Å². The number of hydrogen-bond donors (Lipinski definition) is 0. The number of nitro benzene ring substituents is 1. The van der Waals surface area contributed by atoms with Crippen LogP contribution in [-0.4, -0.2) is 44.8 Å². The summed E-state index contributed by atoms with van der Waals surface area (Å²) in [4.78, 5) is 25.0. The number of likely N-dealkylation sites (tertiary alicyclic amines) is 1. The number of thioether (sulfide) groups is 1. The van der Waals surface area contributed by atoms with E-state index in [9.17, 15) is 14.9 Å². The number of fused-ring (bicyclic) bond motifs is 1. The Bertz CT molecular complexity index is 871. The lowest BCUT2D eigenvalue weighted by Gasteiger charge is -2.41. The van der Waals surface area contributed by atoms with Gasteiger partial charge in [0.25, 0.3) is 10.9 Å². The van der Waals surface area contributed by atoms with Gasteiger partial charge < -0.3 is 9.32 Å². The molecule has 4 rings (SSSR count). The Labute approximate surface area is 166 Å². The van der Waals surface area contributed by atoms with Gasteiger partial charge in [-0.25, -0.2) is 0 Å². The molecule has 0 radical (unpaired) electrons. The molecular formula is C19H22N4O4S. The van der Waals surface area contributed by atoms with E-state index in [0.29, 0.717) is 16.7 Å².